The molecule has 4 amide bonds. The Balaban J connectivity index is 1.57. The molecule has 0 saturated heterocycles. The van der Waals surface area contributed by atoms with Gasteiger partial charge in [0.1, 0.15) is 23.6 Å². The number of hydrogen-bond acceptors (Lipinski definition) is 8. The van der Waals surface area contributed by atoms with E-state index in [1.54, 1.807) is 0 Å². The molecule has 4 aliphatic heterocycles. The molecule has 0 aliphatic carbocycles. The summed E-state index contributed by atoms with van der Waals surface area (Å²) in [5.74, 6) is -0.216. The number of aliphatic hydroxyl groups excluding tert-OH is 1. The Hall–Kier alpha value is -4.16. The predicted octanol–water partition coefficient (Wildman–Crippen LogP) is 2.02. The third-order valence-corrected chi connectivity index (χ3v) is 9.19. The zero-order valence-electron chi connectivity index (χ0n) is 29.1. The SMILES string of the molecule is CCC(C)C1NC(=O)C(NCC(O)C2Cc3ccc(cc3)OCCCC(=O)NC(C(C)C)C(=O)N2)Cc2ccc(cc2)OCCCNC1=O. The van der Waals surface area contributed by atoms with Crippen LogP contribution in [0.4, 0.5) is 0 Å². The lowest BCUT2D eigenvalue weighted by atomic mass is 9.96. The Kier molecular flexibility index (Phi) is 14.3. The van der Waals surface area contributed by atoms with E-state index in [0.29, 0.717) is 56.9 Å². The summed E-state index contributed by atoms with van der Waals surface area (Å²) < 4.78 is 11.6. The normalized spacial score (nSPS) is 24.4. The highest BCUT2D eigenvalue weighted by Gasteiger charge is 2.32. The largest absolute Gasteiger partial charge is 0.494 e. The molecule has 268 valence electrons. The lowest BCUT2D eigenvalue weighted by Crippen LogP contribution is -2.58. The van der Waals surface area contributed by atoms with Crippen LogP contribution in [-0.4, -0.2) is 85.3 Å². The van der Waals surface area contributed by atoms with Crippen LogP contribution in [0.5, 0.6) is 11.5 Å². The van der Waals surface area contributed by atoms with Gasteiger partial charge in [-0.2, -0.15) is 0 Å². The highest BCUT2D eigenvalue weighted by Crippen LogP contribution is 2.18. The quantitative estimate of drug-likeness (QED) is 0.259. The summed E-state index contributed by atoms with van der Waals surface area (Å²) in [5.41, 5.74) is 1.74. The first-order valence-electron chi connectivity index (χ1n) is 17.6. The smallest absolute Gasteiger partial charge is 0.243 e. The molecule has 6 rings (SSSR count). The maximum absolute atomic E-state index is 13.9. The van der Waals surface area contributed by atoms with Crippen LogP contribution < -0.4 is 36.1 Å². The van der Waals surface area contributed by atoms with Crippen molar-refractivity contribution in [3.8, 4) is 11.5 Å². The van der Waals surface area contributed by atoms with Crippen molar-refractivity contribution in [2.24, 2.45) is 11.8 Å². The Morgan fingerprint density at radius 3 is 2.00 bits per heavy atom. The van der Waals surface area contributed by atoms with Gasteiger partial charge >= 0.3 is 0 Å². The molecule has 0 aromatic heterocycles. The first kappa shape index (κ1) is 37.7. The molecule has 4 heterocycles. The number of nitrogens with one attached hydrogen (secondary N) is 5. The van der Waals surface area contributed by atoms with Crippen LogP contribution in [0.15, 0.2) is 48.5 Å². The van der Waals surface area contributed by atoms with Crippen molar-refractivity contribution in [3.63, 3.8) is 0 Å². The number of fused-ring (bicyclic) bond motifs is 24. The van der Waals surface area contributed by atoms with Crippen LogP contribution in [0.2, 0.25) is 0 Å². The van der Waals surface area contributed by atoms with Crippen molar-refractivity contribution in [3.05, 3.63) is 59.7 Å². The molecular weight excluding hydrogens is 626 g/mol. The maximum Gasteiger partial charge on any atom is 0.243 e. The molecule has 2 aromatic carbocycles. The van der Waals surface area contributed by atoms with E-state index in [-0.39, 0.29) is 48.9 Å². The van der Waals surface area contributed by atoms with E-state index in [4.69, 9.17) is 9.47 Å². The topological polar surface area (TPSA) is 167 Å². The van der Waals surface area contributed by atoms with Gasteiger partial charge in [0.2, 0.25) is 23.6 Å². The van der Waals surface area contributed by atoms with Gasteiger partial charge in [-0.05, 0) is 72.9 Å². The summed E-state index contributed by atoms with van der Waals surface area (Å²) in [6.07, 6.45) is 1.48. The molecule has 6 atom stereocenters. The van der Waals surface area contributed by atoms with Crippen molar-refractivity contribution in [1.29, 1.82) is 0 Å². The second kappa shape index (κ2) is 18.6. The van der Waals surface area contributed by atoms with Gasteiger partial charge in [-0.3, -0.25) is 19.2 Å². The van der Waals surface area contributed by atoms with Crippen molar-refractivity contribution >= 4 is 23.6 Å². The van der Waals surface area contributed by atoms with E-state index >= 15 is 0 Å². The molecule has 0 radical (unpaired) electrons. The standard InChI is InChI=1S/C37H53N5O7/c1-5-24(4)34-36(46)38-17-7-19-49-28-15-11-26(12-16-28)21-30(35(45)42-34)39-22-31(43)29-20-25-9-13-27(14-10-25)48-18-6-8-32(44)41-33(23(2)3)37(47)40-29/h9-16,23-24,29-31,33-34,39,43H,5-8,17-22H2,1-4H3,(H,38,46)(H,40,47)(H,41,44)(H,42,45). The highest BCUT2D eigenvalue weighted by atomic mass is 16.5. The third kappa shape index (κ3) is 11.5. The summed E-state index contributed by atoms with van der Waals surface area (Å²) in [6.45, 7) is 8.80. The number of benzene rings is 2. The summed E-state index contributed by atoms with van der Waals surface area (Å²) in [6, 6.07) is 11.8. The first-order valence-corrected chi connectivity index (χ1v) is 17.6. The summed E-state index contributed by atoms with van der Waals surface area (Å²) in [7, 11) is 0. The summed E-state index contributed by atoms with van der Waals surface area (Å²) >= 11 is 0. The van der Waals surface area contributed by atoms with Crippen LogP contribution in [0.3, 0.4) is 0 Å². The Labute approximate surface area is 289 Å². The average Bonchev–Trinajstić information content (AvgIpc) is 3.10. The van der Waals surface area contributed by atoms with Gasteiger partial charge in [0.15, 0.2) is 0 Å². The number of aliphatic hydroxyl groups is 1. The number of rotatable bonds is 7. The lowest BCUT2D eigenvalue weighted by Gasteiger charge is -2.30. The Morgan fingerprint density at radius 1 is 0.776 bits per heavy atom. The van der Waals surface area contributed by atoms with Crippen molar-refractivity contribution < 1.29 is 33.8 Å². The molecular formula is C37H53N5O7. The van der Waals surface area contributed by atoms with E-state index in [1.807, 2.05) is 76.2 Å². The number of carbonyl (C=O) groups is 4. The van der Waals surface area contributed by atoms with Gasteiger partial charge in [-0.15, -0.1) is 0 Å². The van der Waals surface area contributed by atoms with Crippen LogP contribution in [0, 0.1) is 11.8 Å². The fourth-order valence-electron chi connectivity index (χ4n) is 5.89. The van der Waals surface area contributed by atoms with Crippen LogP contribution in [0.1, 0.15) is 64.5 Å². The third-order valence-electron chi connectivity index (χ3n) is 9.19. The lowest BCUT2D eigenvalue weighted by molar-refractivity contribution is -0.131. The van der Waals surface area contributed by atoms with E-state index in [2.05, 4.69) is 26.6 Å². The van der Waals surface area contributed by atoms with E-state index in [0.717, 1.165) is 11.1 Å². The first-order chi connectivity index (χ1) is 23.5. The van der Waals surface area contributed by atoms with Gasteiger partial charge in [0.05, 0.1) is 31.4 Å². The maximum atomic E-state index is 13.9. The molecule has 4 bridgehead atoms. The monoisotopic (exact) mass is 679 g/mol. The summed E-state index contributed by atoms with van der Waals surface area (Å²) in [4.78, 5) is 53.3. The van der Waals surface area contributed by atoms with Gasteiger partial charge in [-0.1, -0.05) is 58.4 Å². The number of hydrogen-bond donors (Lipinski definition) is 6. The van der Waals surface area contributed by atoms with E-state index in [9.17, 15) is 24.3 Å². The van der Waals surface area contributed by atoms with E-state index < -0.39 is 36.2 Å². The summed E-state index contributed by atoms with van der Waals surface area (Å²) in [5, 5.41) is 26.6. The molecule has 6 unspecified atom stereocenters. The fraction of sp³-hybridized carbons (Fsp3) is 0.568. The fourth-order valence-corrected chi connectivity index (χ4v) is 5.89. The van der Waals surface area contributed by atoms with Crippen LogP contribution in [0.25, 0.3) is 0 Å². The van der Waals surface area contributed by atoms with E-state index in [1.165, 1.54) is 0 Å². The predicted molar refractivity (Wildman–Crippen MR) is 186 cm³/mol. The van der Waals surface area contributed by atoms with Crippen molar-refractivity contribution in [1.82, 2.24) is 26.6 Å². The van der Waals surface area contributed by atoms with Crippen molar-refractivity contribution in [2.75, 3.05) is 26.3 Å². The van der Waals surface area contributed by atoms with Crippen molar-refractivity contribution in [2.45, 2.75) is 96.5 Å². The minimum Gasteiger partial charge on any atom is -0.494 e. The Bertz CT molecular complexity index is 1380. The molecule has 0 spiro atoms. The minimum atomic E-state index is -1.12. The molecule has 12 nitrogen and oxygen atoms in total. The van der Waals surface area contributed by atoms with Gasteiger partial charge < -0.3 is 41.2 Å². The number of amides is 4. The molecule has 0 fully saturated rings. The highest BCUT2D eigenvalue weighted by molar-refractivity contribution is 5.90. The van der Waals surface area contributed by atoms with Crippen LogP contribution >= 0.6 is 0 Å². The molecule has 12 heteroatoms. The number of carbonyl (C=O) groups excluding carboxylic acids is 4. The zero-order valence-corrected chi connectivity index (χ0v) is 29.1. The molecule has 6 N–H and O–H groups in total. The Morgan fingerprint density at radius 2 is 1.39 bits per heavy atom. The average molecular weight is 680 g/mol. The van der Waals surface area contributed by atoms with Gasteiger partial charge in [0.25, 0.3) is 0 Å². The molecule has 2 aromatic rings. The minimum absolute atomic E-state index is 0.0374. The second-order valence-corrected chi connectivity index (χ2v) is 13.4. The van der Waals surface area contributed by atoms with Gasteiger partial charge in [-0.25, -0.2) is 0 Å². The van der Waals surface area contributed by atoms with Crippen LogP contribution in [-0.2, 0) is 32.0 Å². The zero-order chi connectivity index (χ0) is 35.3. The molecule has 4 aliphatic rings. The second-order valence-electron chi connectivity index (χ2n) is 13.4. The molecule has 49 heavy (non-hydrogen) atoms. The van der Waals surface area contributed by atoms with Gasteiger partial charge in [0, 0.05) is 19.5 Å². The molecule has 0 saturated carbocycles. The number of ether oxygens (including phenoxy) is 2.